The third kappa shape index (κ3) is 11.0. The molecule has 0 aromatic carbocycles. The van der Waals surface area contributed by atoms with E-state index in [9.17, 15) is 4.79 Å². The van der Waals surface area contributed by atoms with Crippen molar-refractivity contribution in [1.82, 2.24) is 0 Å². The molecule has 0 spiro atoms. The monoisotopic (exact) mass is 227 g/mol. The van der Waals surface area contributed by atoms with Crippen molar-refractivity contribution in [3.63, 3.8) is 0 Å². The molecule has 16 heavy (non-hydrogen) atoms. The van der Waals surface area contributed by atoms with E-state index in [2.05, 4.69) is 31.2 Å². The molecular formula is C13H25NO2. The highest BCUT2D eigenvalue weighted by Crippen LogP contribution is 1.97. The number of esters is 1. The van der Waals surface area contributed by atoms with Crippen LogP contribution in [0.15, 0.2) is 23.8 Å². The Kier molecular flexibility index (Phi) is 13.0. The van der Waals surface area contributed by atoms with Gasteiger partial charge in [-0.25, -0.2) is 4.79 Å². The molecule has 0 aromatic heterocycles. The highest BCUT2D eigenvalue weighted by atomic mass is 16.5. The van der Waals surface area contributed by atoms with Gasteiger partial charge in [0.15, 0.2) is 0 Å². The summed E-state index contributed by atoms with van der Waals surface area (Å²) in [4.78, 5) is 10.4. The predicted octanol–water partition coefficient (Wildman–Crippen LogP) is 2.82. The predicted molar refractivity (Wildman–Crippen MR) is 69.2 cm³/mol. The molecule has 0 saturated heterocycles. The zero-order valence-electron chi connectivity index (χ0n) is 11.0. The van der Waals surface area contributed by atoms with Gasteiger partial charge in [-0.3, -0.25) is 0 Å². The summed E-state index contributed by atoms with van der Waals surface area (Å²) in [5.74, 6) is -0.312. The number of nitrogens with two attached hydrogens (primary N) is 1. The van der Waals surface area contributed by atoms with E-state index in [0.29, 0.717) is 12.2 Å². The topological polar surface area (TPSA) is 52.3 Å². The van der Waals surface area contributed by atoms with Gasteiger partial charge in [0.2, 0.25) is 0 Å². The van der Waals surface area contributed by atoms with Gasteiger partial charge in [-0.05, 0) is 26.7 Å². The molecule has 0 unspecified atom stereocenters. The molecule has 0 atom stereocenters. The largest absolute Gasteiger partial charge is 0.463 e. The Morgan fingerprint density at radius 1 is 1.38 bits per heavy atom. The zero-order chi connectivity index (χ0) is 13.0. The first-order chi connectivity index (χ1) is 7.53. The second-order valence-corrected chi connectivity index (χ2v) is 3.33. The Morgan fingerprint density at radius 3 is 2.06 bits per heavy atom. The third-order valence-corrected chi connectivity index (χ3v) is 1.83. The fraction of sp³-hybridized carbons (Fsp3) is 0.615. The molecule has 2 N–H and O–H groups in total. The Bertz CT molecular complexity index is 226. The van der Waals surface area contributed by atoms with Crippen LogP contribution in [-0.2, 0) is 9.53 Å². The molecule has 0 fully saturated rings. The van der Waals surface area contributed by atoms with Gasteiger partial charge < -0.3 is 10.5 Å². The maximum atomic E-state index is 10.4. The number of hydrogen-bond donors (Lipinski definition) is 1. The average molecular weight is 227 g/mol. The molecule has 0 saturated carbocycles. The molecule has 0 amide bonds. The SMILES string of the molecule is C=C(C)C(=O)OCC.CCC=C(CC)CN. The van der Waals surface area contributed by atoms with Crippen LogP contribution in [-0.4, -0.2) is 19.1 Å². The highest BCUT2D eigenvalue weighted by Gasteiger charge is 1.98. The number of ether oxygens (including phenoxy) is 1. The second kappa shape index (κ2) is 12.0. The minimum absolute atomic E-state index is 0.312. The van der Waals surface area contributed by atoms with Gasteiger partial charge in [0.25, 0.3) is 0 Å². The van der Waals surface area contributed by atoms with E-state index < -0.39 is 0 Å². The van der Waals surface area contributed by atoms with Crippen molar-refractivity contribution in [3.8, 4) is 0 Å². The van der Waals surface area contributed by atoms with Gasteiger partial charge in [0, 0.05) is 12.1 Å². The van der Waals surface area contributed by atoms with Crippen LogP contribution in [0.1, 0.15) is 40.5 Å². The number of carbonyl (C=O) groups is 1. The molecule has 0 heterocycles. The number of rotatable bonds is 5. The first-order valence-corrected chi connectivity index (χ1v) is 5.73. The number of hydrogen-bond acceptors (Lipinski definition) is 3. The lowest BCUT2D eigenvalue weighted by atomic mass is 10.2. The van der Waals surface area contributed by atoms with Crippen molar-refractivity contribution < 1.29 is 9.53 Å². The lowest BCUT2D eigenvalue weighted by Crippen LogP contribution is -2.03. The summed E-state index contributed by atoms with van der Waals surface area (Å²) in [5.41, 5.74) is 7.22. The summed E-state index contributed by atoms with van der Waals surface area (Å²) in [7, 11) is 0. The van der Waals surface area contributed by atoms with Crippen LogP contribution < -0.4 is 5.73 Å². The Hall–Kier alpha value is -1.09. The molecular weight excluding hydrogens is 202 g/mol. The lowest BCUT2D eigenvalue weighted by Gasteiger charge is -1.96. The van der Waals surface area contributed by atoms with E-state index in [1.807, 2.05) is 0 Å². The number of carbonyl (C=O) groups excluding carboxylic acids is 1. The summed E-state index contributed by atoms with van der Waals surface area (Å²) in [6, 6.07) is 0. The van der Waals surface area contributed by atoms with Crippen molar-refractivity contribution in [2.75, 3.05) is 13.2 Å². The molecule has 3 nitrogen and oxygen atoms in total. The van der Waals surface area contributed by atoms with Crippen LogP contribution in [0.25, 0.3) is 0 Å². The van der Waals surface area contributed by atoms with Crippen LogP contribution in [0, 0.1) is 0 Å². The standard InChI is InChI=1S/C7H15N.C6H10O2/c1-3-5-7(4-2)6-8;1-4-8-6(7)5(2)3/h5H,3-4,6,8H2,1-2H3;2,4H2,1,3H3. The van der Waals surface area contributed by atoms with E-state index in [-0.39, 0.29) is 5.97 Å². The van der Waals surface area contributed by atoms with Crippen LogP contribution in [0.5, 0.6) is 0 Å². The van der Waals surface area contributed by atoms with E-state index in [4.69, 9.17) is 5.73 Å². The first kappa shape index (κ1) is 17.3. The van der Waals surface area contributed by atoms with Crippen molar-refractivity contribution in [3.05, 3.63) is 23.8 Å². The zero-order valence-corrected chi connectivity index (χ0v) is 11.0. The minimum Gasteiger partial charge on any atom is -0.463 e. The highest BCUT2D eigenvalue weighted by molar-refractivity contribution is 5.86. The van der Waals surface area contributed by atoms with Crippen molar-refractivity contribution in [2.45, 2.75) is 40.5 Å². The fourth-order valence-electron chi connectivity index (χ4n) is 0.915. The maximum Gasteiger partial charge on any atom is 0.333 e. The van der Waals surface area contributed by atoms with Crippen LogP contribution in [0.3, 0.4) is 0 Å². The average Bonchev–Trinajstić information content (AvgIpc) is 2.27. The summed E-state index contributed by atoms with van der Waals surface area (Å²) in [5, 5.41) is 0. The Morgan fingerprint density at radius 2 is 1.94 bits per heavy atom. The van der Waals surface area contributed by atoms with E-state index in [1.54, 1.807) is 13.8 Å². The summed E-state index contributed by atoms with van der Waals surface area (Å²) in [6.45, 7) is 12.2. The van der Waals surface area contributed by atoms with Gasteiger partial charge in [0.1, 0.15) is 0 Å². The van der Waals surface area contributed by atoms with Crippen molar-refractivity contribution >= 4 is 5.97 Å². The third-order valence-electron chi connectivity index (χ3n) is 1.83. The molecule has 3 heteroatoms. The van der Waals surface area contributed by atoms with E-state index in [1.165, 1.54) is 5.57 Å². The molecule has 0 aliphatic heterocycles. The Balaban J connectivity index is 0. The Labute approximate surface area is 99.4 Å². The molecule has 0 bridgehead atoms. The lowest BCUT2D eigenvalue weighted by molar-refractivity contribution is -0.138. The summed E-state index contributed by atoms with van der Waals surface area (Å²) < 4.78 is 4.56. The first-order valence-electron chi connectivity index (χ1n) is 5.73. The normalized spacial score (nSPS) is 10.2. The van der Waals surface area contributed by atoms with E-state index in [0.717, 1.165) is 19.4 Å². The van der Waals surface area contributed by atoms with Gasteiger partial charge in [0.05, 0.1) is 6.61 Å². The molecule has 0 aliphatic rings. The molecule has 0 radical (unpaired) electrons. The van der Waals surface area contributed by atoms with Gasteiger partial charge >= 0.3 is 5.97 Å². The fourth-order valence-corrected chi connectivity index (χ4v) is 0.915. The van der Waals surface area contributed by atoms with Crippen LogP contribution in [0.2, 0.25) is 0 Å². The molecule has 0 rings (SSSR count). The number of allylic oxidation sites excluding steroid dienone is 1. The van der Waals surface area contributed by atoms with Gasteiger partial charge in [-0.2, -0.15) is 0 Å². The van der Waals surface area contributed by atoms with E-state index >= 15 is 0 Å². The van der Waals surface area contributed by atoms with Gasteiger partial charge in [-0.1, -0.05) is 32.1 Å². The molecule has 94 valence electrons. The minimum atomic E-state index is -0.312. The smallest absolute Gasteiger partial charge is 0.333 e. The second-order valence-electron chi connectivity index (χ2n) is 3.33. The van der Waals surface area contributed by atoms with Crippen molar-refractivity contribution in [1.29, 1.82) is 0 Å². The van der Waals surface area contributed by atoms with Crippen LogP contribution in [0.4, 0.5) is 0 Å². The van der Waals surface area contributed by atoms with Crippen molar-refractivity contribution in [2.24, 2.45) is 5.73 Å². The summed E-state index contributed by atoms with van der Waals surface area (Å²) in [6.07, 6.45) is 4.41. The summed E-state index contributed by atoms with van der Waals surface area (Å²) >= 11 is 0. The maximum absolute atomic E-state index is 10.4. The van der Waals surface area contributed by atoms with Crippen LogP contribution >= 0.6 is 0 Å². The molecule has 0 aromatic rings. The quantitative estimate of drug-likeness (QED) is 0.446. The van der Waals surface area contributed by atoms with Gasteiger partial charge in [-0.15, -0.1) is 0 Å². The molecule has 0 aliphatic carbocycles.